The summed E-state index contributed by atoms with van der Waals surface area (Å²) in [5.74, 6) is -0.792. The number of nitriles is 1. The van der Waals surface area contributed by atoms with Gasteiger partial charge in [0.2, 0.25) is 0 Å². The van der Waals surface area contributed by atoms with Crippen molar-refractivity contribution in [2.45, 2.75) is 6.92 Å². The van der Waals surface area contributed by atoms with Gasteiger partial charge >= 0.3 is 0 Å². The number of nitrogens with one attached hydrogen (secondary N) is 1. The zero-order valence-corrected chi connectivity index (χ0v) is 10.6. The molecule has 0 saturated heterocycles. The van der Waals surface area contributed by atoms with Crippen molar-refractivity contribution in [3.05, 3.63) is 53.0 Å². The van der Waals surface area contributed by atoms with Crippen molar-refractivity contribution in [3.8, 4) is 6.07 Å². The number of hydrogen-bond donors (Lipinski definition) is 2. The Hall–Kier alpha value is -2.94. The van der Waals surface area contributed by atoms with Crippen LogP contribution in [-0.2, 0) is 0 Å². The number of halogens is 1. The highest BCUT2D eigenvalue weighted by Gasteiger charge is 2.10. The molecule has 3 N–H and O–H groups in total. The molecule has 2 aromatic rings. The van der Waals surface area contributed by atoms with Crippen LogP contribution < -0.4 is 11.1 Å². The van der Waals surface area contributed by atoms with Gasteiger partial charge in [-0.25, -0.2) is 9.37 Å². The minimum absolute atomic E-state index is 0.131. The van der Waals surface area contributed by atoms with Gasteiger partial charge in [0.1, 0.15) is 17.7 Å². The number of nitrogens with zero attached hydrogens (tertiary/aromatic N) is 2. The Morgan fingerprint density at radius 1 is 1.40 bits per heavy atom. The van der Waals surface area contributed by atoms with E-state index < -0.39 is 11.7 Å². The predicted molar refractivity (Wildman–Crippen MR) is 72.5 cm³/mol. The van der Waals surface area contributed by atoms with E-state index in [1.54, 1.807) is 19.1 Å². The number of amides is 1. The quantitative estimate of drug-likeness (QED) is 0.875. The van der Waals surface area contributed by atoms with E-state index in [1.165, 1.54) is 18.2 Å². The van der Waals surface area contributed by atoms with Crippen molar-refractivity contribution in [1.82, 2.24) is 4.98 Å². The molecule has 1 aromatic heterocycles. The van der Waals surface area contributed by atoms with E-state index >= 15 is 0 Å². The van der Waals surface area contributed by atoms with Gasteiger partial charge in [0, 0.05) is 16.9 Å². The molecule has 0 aliphatic rings. The zero-order chi connectivity index (χ0) is 14.7. The predicted octanol–water partition coefficient (Wildman–Crippen LogP) is 2.24. The summed E-state index contributed by atoms with van der Waals surface area (Å²) in [5.41, 5.74) is 6.74. The molecule has 0 unspecified atom stereocenters. The van der Waals surface area contributed by atoms with E-state index in [1.807, 2.05) is 0 Å². The van der Waals surface area contributed by atoms with Gasteiger partial charge in [0.15, 0.2) is 0 Å². The van der Waals surface area contributed by atoms with E-state index in [0.717, 1.165) is 6.07 Å². The van der Waals surface area contributed by atoms with Crippen molar-refractivity contribution in [1.29, 1.82) is 5.26 Å². The summed E-state index contributed by atoms with van der Waals surface area (Å²) in [6, 6.07) is 8.51. The standard InChI is InChI=1S/C14H11FN4O/c1-8-4-9(6-13(17)18-8)14(20)19-11-2-3-12(15)10(5-11)7-16/h2-6H,1H3,(H2,17,18)(H,19,20). The highest BCUT2D eigenvalue weighted by molar-refractivity contribution is 6.04. The second kappa shape index (κ2) is 5.36. The lowest BCUT2D eigenvalue weighted by Crippen LogP contribution is -2.13. The average molecular weight is 270 g/mol. The van der Waals surface area contributed by atoms with Gasteiger partial charge in [-0.3, -0.25) is 4.79 Å². The number of carbonyl (C=O) groups excluding carboxylic acids is 1. The van der Waals surface area contributed by atoms with Gasteiger partial charge in [-0.05, 0) is 37.3 Å². The number of carbonyl (C=O) groups is 1. The van der Waals surface area contributed by atoms with Gasteiger partial charge in [0.25, 0.3) is 5.91 Å². The first kappa shape index (κ1) is 13.5. The Kier molecular flexibility index (Phi) is 3.62. The molecule has 0 bridgehead atoms. The Labute approximate surface area is 114 Å². The number of anilines is 2. The highest BCUT2D eigenvalue weighted by Crippen LogP contribution is 2.16. The van der Waals surface area contributed by atoms with Crippen LogP contribution in [0.5, 0.6) is 0 Å². The normalized spacial score (nSPS) is 9.85. The maximum absolute atomic E-state index is 13.2. The first-order chi connectivity index (χ1) is 9.49. The van der Waals surface area contributed by atoms with Crippen molar-refractivity contribution in [2.24, 2.45) is 0 Å². The Morgan fingerprint density at radius 3 is 2.80 bits per heavy atom. The molecule has 6 heteroatoms. The minimum atomic E-state index is -0.630. The third-order valence-electron chi connectivity index (χ3n) is 2.58. The molecule has 0 aliphatic heterocycles. The van der Waals surface area contributed by atoms with E-state index in [2.05, 4.69) is 10.3 Å². The molecule has 0 saturated carbocycles. The topological polar surface area (TPSA) is 91.8 Å². The highest BCUT2D eigenvalue weighted by atomic mass is 19.1. The van der Waals surface area contributed by atoms with Crippen LogP contribution in [0.1, 0.15) is 21.6 Å². The maximum Gasteiger partial charge on any atom is 0.255 e. The summed E-state index contributed by atoms with van der Waals surface area (Å²) in [6.07, 6.45) is 0. The number of hydrogen-bond acceptors (Lipinski definition) is 4. The van der Waals surface area contributed by atoms with Crippen LogP contribution >= 0.6 is 0 Å². The van der Waals surface area contributed by atoms with Gasteiger partial charge in [0.05, 0.1) is 5.56 Å². The monoisotopic (exact) mass is 270 g/mol. The zero-order valence-electron chi connectivity index (χ0n) is 10.6. The summed E-state index contributed by atoms with van der Waals surface area (Å²) in [7, 11) is 0. The SMILES string of the molecule is Cc1cc(C(=O)Nc2ccc(F)c(C#N)c2)cc(N)n1. The molecule has 0 fully saturated rings. The number of nitrogen functional groups attached to an aromatic ring is 1. The molecule has 20 heavy (non-hydrogen) atoms. The molecule has 1 aromatic carbocycles. The summed E-state index contributed by atoms with van der Waals surface area (Å²) >= 11 is 0. The molecule has 2 rings (SSSR count). The van der Waals surface area contributed by atoms with Gasteiger partial charge in [-0.1, -0.05) is 0 Å². The van der Waals surface area contributed by atoms with E-state index in [9.17, 15) is 9.18 Å². The van der Waals surface area contributed by atoms with Crippen LogP contribution in [0.15, 0.2) is 30.3 Å². The first-order valence-electron chi connectivity index (χ1n) is 5.75. The minimum Gasteiger partial charge on any atom is -0.384 e. The third kappa shape index (κ3) is 2.90. The van der Waals surface area contributed by atoms with Crippen molar-refractivity contribution in [2.75, 3.05) is 11.1 Å². The second-order valence-electron chi connectivity index (χ2n) is 4.18. The lowest BCUT2D eigenvalue weighted by molar-refractivity contribution is 0.102. The fourth-order valence-corrected chi connectivity index (χ4v) is 1.72. The fourth-order valence-electron chi connectivity index (χ4n) is 1.72. The largest absolute Gasteiger partial charge is 0.384 e. The van der Waals surface area contributed by atoms with Gasteiger partial charge in [-0.2, -0.15) is 5.26 Å². The molecular weight excluding hydrogens is 259 g/mol. The molecule has 0 radical (unpaired) electrons. The number of aryl methyl sites for hydroxylation is 1. The third-order valence-corrected chi connectivity index (χ3v) is 2.58. The second-order valence-corrected chi connectivity index (χ2v) is 4.18. The molecule has 100 valence electrons. The molecule has 0 aliphatic carbocycles. The first-order valence-corrected chi connectivity index (χ1v) is 5.75. The van der Waals surface area contributed by atoms with Crippen LogP contribution in [0.4, 0.5) is 15.9 Å². The molecule has 1 heterocycles. The maximum atomic E-state index is 13.2. The summed E-state index contributed by atoms with van der Waals surface area (Å²) < 4.78 is 13.2. The van der Waals surface area contributed by atoms with Crippen molar-refractivity contribution < 1.29 is 9.18 Å². The lowest BCUT2D eigenvalue weighted by atomic mass is 10.1. The van der Waals surface area contributed by atoms with Crippen molar-refractivity contribution >= 4 is 17.4 Å². The molecule has 0 spiro atoms. The molecule has 0 atom stereocenters. The van der Waals surface area contributed by atoms with Crippen LogP contribution in [0.25, 0.3) is 0 Å². The van der Waals surface area contributed by atoms with E-state index in [4.69, 9.17) is 11.0 Å². The number of nitrogens with two attached hydrogens (primary N) is 1. The fraction of sp³-hybridized carbons (Fsp3) is 0.0714. The Bertz CT molecular complexity index is 701. The number of rotatable bonds is 2. The molecule has 1 amide bonds. The van der Waals surface area contributed by atoms with Crippen LogP contribution in [0.2, 0.25) is 0 Å². The average Bonchev–Trinajstić information content (AvgIpc) is 2.39. The summed E-state index contributed by atoms with van der Waals surface area (Å²) in [6.45, 7) is 1.72. The van der Waals surface area contributed by atoms with Gasteiger partial charge < -0.3 is 11.1 Å². The Balaban J connectivity index is 2.26. The van der Waals surface area contributed by atoms with Crippen LogP contribution in [0, 0.1) is 24.1 Å². The number of pyridine rings is 1. The summed E-state index contributed by atoms with van der Waals surface area (Å²) in [5, 5.41) is 11.3. The Morgan fingerprint density at radius 2 is 2.15 bits per heavy atom. The van der Waals surface area contributed by atoms with Gasteiger partial charge in [-0.15, -0.1) is 0 Å². The summed E-state index contributed by atoms with van der Waals surface area (Å²) in [4.78, 5) is 16.0. The number of aromatic nitrogens is 1. The lowest BCUT2D eigenvalue weighted by Gasteiger charge is -2.07. The van der Waals surface area contributed by atoms with Crippen LogP contribution in [0.3, 0.4) is 0 Å². The molecule has 5 nitrogen and oxygen atoms in total. The van der Waals surface area contributed by atoms with Crippen molar-refractivity contribution in [3.63, 3.8) is 0 Å². The van der Waals surface area contributed by atoms with Crippen LogP contribution in [-0.4, -0.2) is 10.9 Å². The molecular formula is C14H11FN4O. The smallest absolute Gasteiger partial charge is 0.255 e. The number of benzene rings is 1. The van der Waals surface area contributed by atoms with E-state index in [-0.39, 0.29) is 11.4 Å². The van der Waals surface area contributed by atoms with E-state index in [0.29, 0.717) is 16.9 Å².